The third-order valence-corrected chi connectivity index (χ3v) is 4.06. The summed E-state index contributed by atoms with van der Waals surface area (Å²) in [6, 6.07) is 9.96. The summed E-state index contributed by atoms with van der Waals surface area (Å²) in [7, 11) is 0. The van der Waals surface area contributed by atoms with Gasteiger partial charge in [0, 0.05) is 0 Å². The first kappa shape index (κ1) is 9.79. The summed E-state index contributed by atoms with van der Waals surface area (Å²) in [6.07, 6.45) is 7.18. The van der Waals surface area contributed by atoms with Crippen LogP contribution in [0.25, 0.3) is 0 Å². The first-order valence-corrected chi connectivity index (χ1v) is 6.93. The van der Waals surface area contributed by atoms with Crippen molar-refractivity contribution in [3.8, 4) is 0 Å². The van der Waals surface area contributed by atoms with Gasteiger partial charge >= 0.3 is 0 Å². The van der Waals surface area contributed by atoms with Gasteiger partial charge in [0.2, 0.25) is 0 Å². The van der Waals surface area contributed by atoms with Crippen LogP contribution in [0.4, 0.5) is 0 Å². The lowest BCUT2D eigenvalue weighted by Crippen LogP contribution is -1.86. The monoisotopic (exact) mass is 212 g/mol. The minimum atomic E-state index is -0.488. The minimum Gasteiger partial charge on any atom is -0.0744 e. The molecule has 62 valence electrons. The molecule has 3 heteroatoms. The molecule has 0 aliphatic heterocycles. The summed E-state index contributed by atoms with van der Waals surface area (Å²) in [6.45, 7) is 0. The van der Waals surface area contributed by atoms with Gasteiger partial charge in [-0.25, -0.2) is 0 Å². The normalized spacial score (nSPS) is 9.33. The Morgan fingerprint density at radius 3 is 2.33 bits per heavy atom. The average molecular weight is 212 g/mol. The van der Waals surface area contributed by atoms with Gasteiger partial charge in [-0.05, 0) is 5.56 Å². The third-order valence-electron chi connectivity index (χ3n) is 1.22. The van der Waals surface area contributed by atoms with Crippen LogP contribution in [0.3, 0.4) is 0 Å². The molecule has 0 saturated heterocycles. The van der Waals surface area contributed by atoms with Crippen molar-refractivity contribution in [2.75, 3.05) is 0 Å². The van der Waals surface area contributed by atoms with Crippen LogP contribution in [-0.4, -0.2) is 16.8 Å². The fraction of sp³-hybridized carbons (Fsp3) is 0. The topological polar surface area (TPSA) is 0 Å². The maximum Gasteiger partial charge on any atom is 0.0861 e. The quantitative estimate of drug-likeness (QED) is 0.544. The SMILES string of the molecule is C=P(=C)SC(=S)c1ccccc1. The van der Waals surface area contributed by atoms with Crippen LogP contribution in [0.15, 0.2) is 30.3 Å². The second kappa shape index (κ2) is 4.66. The van der Waals surface area contributed by atoms with E-state index < -0.39 is 6.37 Å². The fourth-order valence-corrected chi connectivity index (χ4v) is 3.32. The molecular formula is C9H9PS2. The molecule has 1 aromatic rings. The summed E-state index contributed by atoms with van der Waals surface area (Å²) in [5, 5.41) is 0. The molecule has 0 bridgehead atoms. The van der Waals surface area contributed by atoms with Crippen molar-refractivity contribution in [1.82, 2.24) is 0 Å². The lowest BCUT2D eigenvalue weighted by Gasteiger charge is -1.98. The van der Waals surface area contributed by atoms with Gasteiger partial charge in [-0.2, -0.15) is 0 Å². The first-order valence-electron chi connectivity index (χ1n) is 3.38. The Hall–Kier alpha value is -0.300. The van der Waals surface area contributed by atoms with Crippen LogP contribution in [0.5, 0.6) is 0 Å². The molecule has 0 amide bonds. The zero-order valence-corrected chi connectivity index (χ0v) is 9.09. The van der Waals surface area contributed by atoms with E-state index in [0.29, 0.717) is 0 Å². The molecule has 0 unspecified atom stereocenters. The molecule has 1 rings (SSSR count). The van der Waals surface area contributed by atoms with Crippen molar-refractivity contribution < 1.29 is 0 Å². The summed E-state index contributed by atoms with van der Waals surface area (Å²) < 4.78 is 0.895. The number of hydrogen-bond donors (Lipinski definition) is 0. The molecule has 0 saturated carbocycles. The molecule has 0 fully saturated rings. The Kier molecular flexibility index (Phi) is 3.80. The molecule has 0 spiro atoms. The Labute approximate surface area is 82.8 Å². The Balaban J connectivity index is 2.79. The predicted octanol–water partition coefficient (Wildman–Crippen LogP) is 3.36. The van der Waals surface area contributed by atoms with Crippen molar-refractivity contribution in [3.63, 3.8) is 0 Å². The molecule has 0 heterocycles. The van der Waals surface area contributed by atoms with Crippen molar-refractivity contribution in [2.24, 2.45) is 0 Å². The van der Waals surface area contributed by atoms with Gasteiger partial charge in [0.1, 0.15) is 0 Å². The van der Waals surface area contributed by atoms with Crippen LogP contribution < -0.4 is 0 Å². The summed E-state index contributed by atoms with van der Waals surface area (Å²) in [5.74, 6) is 0. The van der Waals surface area contributed by atoms with E-state index in [2.05, 4.69) is 12.6 Å². The molecule has 0 aliphatic carbocycles. The summed E-state index contributed by atoms with van der Waals surface area (Å²) in [4.78, 5) is 0. The van der Waals surface area contributed by atoms with Gasteiger partial charge in [-0.3, -0.25) is 0 Å². The van der Waals surface area contributed by atoms with Crippen LogP contribution in [0, 0.1) is 0 Å². The van der Waals surface area contributed by atoms with Gasteiger partial charge in [0.25, 0.3) is 0 Å². The summed E-state index contributed by atoms with van der Waals surface area (Å²) in [5.41, 5.74) is 1.09. The Morgan fingerprint density at radius 2 is 1.83 bits per heavy atom. The molecule has 0 radical (unpaired) electrons. The van der Waals surface area contributed by atoms with Gasteiger partial charge in [-0.15, -0.1) is 0 Å². The number of rotatable bonds is 2. The standard InChI is InChI=1S/C9H9PS2/c1-10(2)12-9(11)8-6-4-3-5-7-8/h3-7H,1-2H2. The van der Waals surface area contributed by atoms with Crippen LogP contribution >= 0.6 is 30.0 Å². The highest BCUT2D eigenvalue weighted by Gasteiger charge is 1.97. The maximum atomic E-state index is 5.20. The van der Waals surface area contributed by atoms with E-state index in [1.807, 2.05) is 30.3 Å². The van der Waals surface area contributed by atoms with Gasteiger partial charge < -0.3 is 0 Å². The zero-order valence-electron chi connectivity index (χ0n) is 6.56. The lowest BCUT2D eigenvalue weighted by molar-refractivity contribution is 1.69. The van der Waals surface area contributed by atoms with Gasteiger partial charge in [0.05, 0.1) is 4.20 Å². The van der Waals surface area contributed by atoms with Crippen molar-refractivity contribution in [3.05, 3.63) is 35.9 Å². The van der Waals surface area contributed by atoms with E-state index in [4.69, 9.17) is 12.2 Å². The minimum absolute atomic E-state index is 0.488. The van der Waals surface area contributed by atoms with E-state index in [9.17, 15) is 0 Å². The molecule has 0 nitrogen and oxygen atoms in total. The lowest BCUT2D eigenvalue weighted by atomic mass is 10.2. The van der Waals surface area contributed by atoms with Crippen molar-refractivity contribution >= 4 is 46.8 Å². The highest BCUT2D eigenvalue weighted by molar-refractivity contribution is 8.63. The number of hydrogen-bond acceptors (Lipinski definition) is 2. The molecule has 12 heavy (non-hydrogen) atoms. The summed E-state index contributed by atoms with van der Waals surface area (Å²) >= 11 is 6.78. The van der Waals surface area contributed by atoms with E-state index in [0.717, 1.165) is 9.76 Å². The second-order valence-corrected chi connectivity index (χ2v) is 6.54. The van der Waals surface area contributed by atoms with Gasteiger partial charge in [-0.1, -0.05) is 72.9 Å². The Bertz CT molecular complexity index is 331. The number of benzene rings is 1. The van der Waals surface area contributed by atoms with Crippen LogP contribution in [0.2, 0.25) is 0 Å². The van der Waals surface area contributed by atoms with E-state index in [-0.39, 0.29) is 0 Å². The number of thiocarbonyl (C=S) groups is 1. The van der Waals surface area contributed by atoms with E-state index >= 15 is 0 Å². The molecule has 1 aromatic carbocycles. The second-order valence-electron chi connectivity index (χ2n) is 2.23. The van der Waals surface area contributed by atoms with Crippen LogP contribution in [-0.2, 0) is 0 Å². The average Bonchev–Trinajstić information content (AvgIpc) is 2.05. The highest BCUT2D eigenvalue weighted by Crippen LogP contribution is 2.29. The van der Waals surface area contributed by atoms with Crippen molar-refractivity contribution in [2.45, 2.75) is 0 Å². The third kappa shape index (κ3) is 2.98. The van der Waals surface area contributed by atoms with Crippen molar-refractivity contribution in [1.29, 1.82) is 0 Å². The smallest absolute Gasteiger partial charge is 0.0744 e. The van der Waals surface area contributed by atoms with E-state index in [1.165, 1.54) is 0 Å². The fourth-order valence-electron chi connectivity index (χ4n) is 0.744. The molecule has 0 aromatic heterocycles. The first-order chi connectivity index (χ1) is 5.70. The highest BCUT2D eigenvalue weighted by atomic mass is 32.7. The van der Waals surface area contributed by atoms with E-state index in [1.54, 1.807) is 11.4 Å². The molecule has 0 aliphatic rings. The Morgan fingerprint density at radius 1 is 1.25 bits per heavy atom. The predicted molar refractivity (Wildman–Crippen MR) is 66.9 cm³/mol. The van der Waals surface area contributed by atoms with Gasteiger partial charge in [0.15, 0.2) is 0 Å². The molecule has 0 atom stereocenters. The largest absolute Gasteiger partial charge is 0.0861 e. The molecule has 0 N–H and O–H groups in total. The molecular weight excluding hydrogens is 203 g/mol. The zero-order chi connectivity index (χ0) is 8.97. The van der Waals surface area contributed by atoms with Crippen LogP contribution in [0.1, 0.15) is 5.56 Å². The maximum absolute atomic E-state index is 5.20.